The molecular weight excluding hydrogens is 276 g/mol. The van der Waals surface area contributed by atoms with E-state index in [2.05, 4.69) is 34.6 Å². The molecule has 0 N–H and O–H groups in total. The minimum atomic E-state index is -1.70. The van der Waals surface area contributed by atoms with Gasteiger partial charge in [-0.25, -0.2) is 0 Å². The Kier molecular flexibility index (Phi) is 5.59. The van der Waals surface area contributed by atoms with E-state index in [0.717, 1.165) is 0 Å². The molecule has 3 heteroatoms. The van der Waals surface area contributed by atoms with Gasteiger partial charge in [0, 0.05) is 5.04 Å². The summed E-state index contributed by atoms with van der Waals surface area (Å²) in [4.78, 5) is 0. The highest BCUT2D eigenvalue weighted by atomic mass is 28.3. The quantitative estimate of drug-likeness (QED) is 0.639. The first-order valence-electron chi connectivity index (χ1n) is 9.08. The van der Waals surface area contributed by atoms with Crippen LogP contribution in [-0.2, 0) is 8.85 Å². The fourth-order valence-electron chi connectivity index (χ4n) is 3.73. The highest BCUT2D eigenvalue weighted by molar-refractivity contribution is 6.48. The molecule has 0 atom stereocenters. The summed E-state index contributed by atoms with van der Waals surface area (Å²) in [7, 11) is -1.70. The van der Waals surface area contributed by atoms with Crippen LogP contribution in [0, 0.1) is 0 Å². The first-order chi connectivity index (χ1) is 9.73. The van der Waals surface area contributed by atoms with Gasteiger partial charge in [0.25, 0.3) is 0 Å². The first kappa shape index (κ1) is 17.5. The van der Waals surface area contributed by atoms with Crippen molar-refractivity contribution in [2.24, 2.45) is 0 Å². The summed E-state index contributed by atoms with van der Waals surface area (Å²) in [5.41, 5.74) is 0.154. The predicted molar refractivity (Wildman–Crippen MR) is 92.0 cm³/mol. The molecule has 0 aliphatic heterocycles. The molecule has 21 heavy (non-hydrogen) atoms. The third kappa shape index (κ3) is 5.07. The van der Waals surface area contributed by atoms with Crippen molar-refractivity contribution in [3.8, 4) is 0 Å². The topological polar surface area (TPSA) is 18.5 Å². The van der Waals surface area contributed by atoms with Crippen molar-refractivity contribution in [3.05, 3.63) is 0 Å². The van der Waals surface area contributed by atoms with Gasteiger partial charge in [0.2, 0.25) is 0 Å². The van der Waals surface area contributed by atoms with Crippen LogP contribution >= 0.6 is 0 Å². The van der Waals surface area contributed by atoms with Gasteiger partial charge in [0.1, 0.15) is 0 Å². The predicted octanol–water partition coefficient (Wildman–Crippen LogP) is 5.49. The van der Waals surface area contributed by atoms with E-state index in [1.165, 1.54) is 64.2 Å². The summed E-state index contributed by atoms with van der Waals surface area (Å²) in [6.07, 6.45) is 12.9. The molecule has 2 nitrogen and oxygen atoms in total. The molecular formula is C18H36O2Si. The first-order valence-corrected chi connectivity index (χ1v) is 10.6. The van der Waals surface area contributed by atoms with Gasteiger partial charge in [0.05, 0.1) is 11.2 Å². The van der Waals surface area contributed by atoms with Crippen LogP contribution in [-0.4, -0.2) is 20.5 Å². The van der Waals surface area contributed by atoms with Gasteiger partial charge in [-0.3, -0.25) is 0 Å². The third-order valence-electron chi connectivity index (χ3n) is 5.31. The van der Waals surface area contributed by atoms with Gasteiger partial charge in [0.15, 0.2) is 0 Å². The van der Waals surface area contributed by atoms with Gasteiger partial charge < -0.3 is 8.85 Å². The van der Waals surface area contributed by atoms with Crippen molar-refractivity contribution in [1.29, 1.82) is 0 Å². The molecule has 0 bridgehead atoms. The van der Waals surface area contributed by atoms with Gasteiger partial charge in [-0.1, -0.05) is 59.3 Å². The Morgan fingerprint density at radius 2 is 1.00 bits per heavy atom. The van der Waals surface area contributed by atoms with Crippen molar-refractivity contribution in [2.75, 3.05) is 0 Å². The van der Waals surface area contributed by atoms with Crippen LogP contribution in [0.25, 0.3) is 0 Å². The Labute approximate surface area is 133 Å². The standard InChI is InChI=1S/C18H36O2Si/c1-16(2,3)21(19-17(4)12-8-6-9-13-17)20-18(5)14-10-7-11-15-18/h21H,6-15H2,1-5H3. The van der Waals surface area contributed by atoms with E-state index < -0.39 is 9.28 Å². The lowest BCUT2D eigenvalue weighted by molar-refractivity contribution is -0.0366. The maximum atomic E-state index is 6.73. The second-order valence-corrected chi connectivity index (χ2v) is 11.8. The molecule has 0 unspecified atom stereocenters. The van der Waals surface area contributed by atoms with Crippen molar-refractivity contribution in [3.63, 3.8) is 0 Å². The number of hydrogen-bond donors (Lipinski definition) is 0. The molecule has 0 spiro atoms. The minimum Gasteiger partial charge on any atom is -0.391 e. The molecule has 2 saturated carbocycles. The van der Waals surface area contributed by atoms with Gasteiger partial charge in [-0.2, -0.15) is 0 Å². The largest absolute Gasteiger partial charge is 0.391 e. The zero-order valence-corrected chi connectivity index (χ0v) is 16.1. The molecule has 2 aliphatic carbocycles. The summed E-state index contributed by atoms with van der Waals surface area (Å²) in [5, 5.41) is 0.168. The second kappa shape index (κ2) is 6.72. The Morgan fingerprint density at radius 1 is 0.667 bits per heavy atom. The fourth-order valence-corrected chi connectivity index (χ4v) is 5.99. The van der Waals surface area contributed by atoms with Crippen LogP contribution in [0.1, 0.15) is 98.8 Å². The SMILES string of the molecule is CC1(O[SiH](OC2(C)CCCCC2)C(C)(C)C)CCCCC1. The Morgan fingerprint density at radius 3 is 1.29 bits per heavy atom. The summed E-state index contributed by atoms with van der Waals surface area (Å²) in [6.45, 7) is 11.6. The minimum absolute atomic E-state index is 0.0768. The lowest BCUT2D eigenvalue weighted by atomic mass is 9.87. The van der Waals surface area contributed by atoms with E-state index in [4.69, 9.17) is 8.85 Å². The zero-order chi connectivity index (χ0) is 15.6. The lowest BCUT2D eigenvalue weighted by Gasteiger charge is -2.45. The molecule has 0 aromatic rings. The van der Waals surface area contributed by atoms with E-state index in [0.29, 0.717) is 0 Å². The van der Waals surface area contributed by atoms with Crippen LogP contribution in [0.3, 0.4) is 0 Å². The molecule has 0 aromatic heterocycles. The van der Waals surface area contributed by atoms with Crippen molar-refractivity contribution < 1.29 is 8.85 Å². The van der Waals surface area contributed by atoms with E-state index in [9.17, 15) is 0 Å². The number of rotatable bonds is 4. The molecule has 2 aliphatic rings. The highest BCUT2D eigenvalue weighted by Gasteiger charge is 2.42. The summed E-state index contributed by atoms with van der Waals surface area (Å²) >= 11 is 0. The van der Waals surface area contributed by atoms with Crippen LogP contribution in [0.15, 0.2) is 0 Å². The van der Waals surface area contributed by atoms with Crippen molar-refractivity contribution >= 4 is 9.28 Å². The van der Waals surface area contributed by atoms with Crippen LogP contribution in [0.5, 0.6) is 0 Å². The van der Waals surface area contributed by atoms with Crippen LogP contribution < -0.4 is 0 Å². The molecule has 0 saturated heterocycles. The average Bonchev–Trinajstić information content (AvgIpc) is 2.38. The smallest absolute Gasteiger partial charge is 0.327 e. The Bertz CT molecular complexity index is 297. The summed E-state index contributed by atoms with van der Waals surface area (Å²) in [5.74, 6) is 0. The summed E-state index contributed by atoms with van der Waals surface area (Å²) < 4.78 is 13.5. The second-order valence-electron chi connectivity index (χ2n) is 8.95. The maximum Gasteiger partial charge on any atom is 0.327 e. The fraction of sp³-hybridized carbons (Fsp3) is 1.00. The molecule has 2 rings (SSSR count). The zero-order valence-electron chi connectivity index (χ0n) is 15.0. The molecule has 0 radical (unpaired) electrons. The Balaban J connectivity index is 2.04. The molecule has 0 heterocycles. The third-order valence-corrected chi connectivity index (χ3v) is 8.29. The highest BCUT2D eigenvalue weighted by Crippen LogP contribution is 2.41. The van der Waals surface area contributed by atoms with Crippen LogP contribution in [0.2, 0.25) is 5.04 Å². The van der Waals surface area contributed by atoms with Crippen molar-refractivity contribution in [2.45, 2.75) is 115 Å². The van der Waals surface area contributed by atoms with Gasteiger partial charge in [-0.05, 0) is 39.5 Å². The van der Waals surface area contributed by atoms with Gasteiger partial charge in [-0.15, -0.1) is 0 Å². The lowest BCUT2D eigenvalue weighted by Crippen LogP contribution is -2.49. The van der Waals surface area contributed by atoms with Crippen molar-refractivity contribution in [1.82, 2.24) is 0 Å². The molecule has 0 amide bonds. The maximum absolute atomic E-state index is 6.73. The van der Waals surface area contributed by atoms with Crippen LogP contribution in [0.4, 0.5) is 0 Å². The number of hydrogen-bond acceptors (Lipinski definition) is 2. The Hall–Kier alpha value is 0.137. The molecule has 124 valence electrons. The average molecular weight is 313 g/mol. The van der Waals surface area contributed by atoms with Gasteiger partial charge >= 0.3 is 9.28 Å². The summed E-state index contributed by atoms with van der Waals surface area (Å²) in [6, 6.07) is 0. The molecule has 0 aromatic carbocycles. The van der Waals surface area contributed by atoms with E-state index in [1.807, 2.05) is 0 Å². The normalized spacial score (nSPS) is 26.0. The van der Waals surface area contributed by atoms with E-state index in [-0.39, 0.29) is 16.2 Å². The monoisotopic (exact) mass is 312 g/mol. The molecule has 2 fully saturated rings. The van der Waals surface area contributed by atoms with E-state index in [1.54, 1.807) is 0 Å². The van der Waals surface area contributed by atoms with E-state index >= 15 is 0 Å².